The second-order valence-electron chi connectivity index (χ2n) is 7.19. The Bertz CT molecular complexity index is 847. The SMILES string of the molecule is COc1cc(C[C@@H](C)[C@H](C)[C@@H](OC(C)=O)c2ccc3c(c2)OCO3)ccc1O. The first-order valence-corrected chi connectivity index (χ1v) is 9.31. The molecule has 0 spiro atoms. The van der Waals surface area contributed by atoms with Gasteiger partial charge in [-0.15, -0.1) is 0 Å². The Morgan fingerprint density at radius 2 is 1.89 bits per heavy atom. The lowest BCUT2D eigenvalue weighted by Gasteiger charge is -2.29. The average Bonchev–Trinajstić information content (AvgIpc) is 3.14. The molecule has 6 heteroatoms. The third kappa shape index (κ3) is 4.32. The van der Waals surface area contributed by atoms with E-state index in [0.29, 0.717) is 17.2 Å². The van der Waals surface area contributed by atoms with Crippen LogP contribution in [0, 0.1) is 11.8 Å². The molecule has 0 saturated carbocycles. The predicted octanol–water partition coefficient (Wildman–Crippen LogP) is 4.25. The van der Waals surface area contributed by atoms with E-state index < -0.39 is 6.10 Å². The number of hydrogen-bond donors (Lipinski definition) is 1. The summed E-state index contributed by atoms with van der Waals surface area (Å²) in [6.07, 6.45) is 0.348. The van der Waals surface area contributed by atoms with Crippen molar-refractivity contribution in [3.8, 4) is 23.0 Å². The number of esters is 1. The van der Waals surface area contributed by atoms with Gasteiger partial charge >= 0.3 is 5.97 Å². The van der Waals surface area contributed by atoms with E-state index in [4.69, 9.17) is 18.9 Å². The van der Waals surface area contributed by atoms with Gasteiger partial charge in [0.2, 0.25) is 6.79 Å². The van der Waals surface area contributed by atoms with E-state index in [9.17, 15) is 9.90 Å². The van der Waals surface area contributed by atoms with Crippen molar-refractivity contribution >= 4 is 5.97 Å². The monoisotopic (exact) mass is 386 g/mol. The van der Waals surface area contributed by atoms with Crippen molar-refractivity contribution < 1.29 is 28.8 Å². The number of carbonyl (C=O) groups is 1. The van der Waals surface area contributed by atoms with Crippen LogP contribution in [0.2, 0.25) is 0 Å². The molecule has 1 aliphatic heterocycles. The van der Waals surface area contributed by atoms with Crippen LogP contribution in [0.25, 0.3) is 0 Å². The molecule has 1 heterocycles. The van der Waals surface area contributed by atoms with Crippen LogP contribution in [0.5, 0.6) is 23.0 Å². The topological polar surface area (TPSA) is 74.2 Å². The number of methoxy groups -OCH3 is 1. The number of rotatable bonds is 7. The zero-order chi connectivity index (χ0) is 20.3. The van der Waals surface area contributed by atoms with Gasteiger partial charge < -0.3 is 24.1 Å². The highest BCUT2D eigenvalue weighted by Crippen LogP contribution is 2.39. The van der Waals surface area contributed by atoms with Crippen LogP contribution >= 0.6 is 0 Å². The molecule has 2 aromatic rings. The lowest BCUT2D eigenvalue weighted by Crippen LogP contribution is -2.23. The van der Waals surface area contributed by atoms with Gasteiger partial charge in [0.1, 0.15) is 6.10 Å². The van der Waals surface area contributed by atoms with Crippen molar-refractivity contribution in [2.45, 2.75) is 33.3 Å². The second-order valence-corrected chi connectivity index (χ2v) is 7.19. The van der Waals surface area contributed by atoms with Crippen molar-refractivity contribution in [3.05, 3.63) is 47.5 Å². The maximum Gasteiger partial charge on any atom is 0.303 e. The Morgan fingerprint density at radius 1 is 1.14 bits per heavy atom. The Balaban J connectivity index is 1.80. The van der Waals surface area contributed by atoms with Gasteiger partial charge in [-0.2, -0.15) is 0 Å². The largest absolute Gasteiger partial charge is 0.504 e. The molecule has 6 nitrogen and oxygen atoms in total. The van der Waals surface area contributed by atoms with E-state index in [1.165, 1.54) is 14.0 Å². The molecule has 1 aliphatic rings. The summed E-state index contributed by atoms with van der Waals surface area (Å²) in [7, 11) is 1.53. The first-order valence-electron chi connectivity index (χ1n) is 9.31. The van der Waals surface area contributed by atoms with Gasteiger partial charge in [0.05, 0.1) is 7.11 Å². The predicted molar refractivity (Wildman–Crippen MR) is 104 cm³/mol. The molecule has 0 saturated heterocycles. The van der Waals surface area contributed by atoms with Crippen molar-refractivity contribution in [3.63, 3.8) is 0 Å². The van der Waals surface area contributed by atoms with E-state index in [0.717, 1.165) is 17.5 Å². The first kappa shape index (κ1) is 19.9. The van der Waals surface area contributed by atoms with Crippen LogP contribution in [-0.2, 0) is 16.0 Å². The number of fused-ring (bicyclic) bond motifs is 1. The van der Waals surface area contributed by atoms with Crippen molar-refractivity contribution in [2.75, 3.05) is 13.9 Å². The normalized spacial score (nSPS) is 15.6. The minimum atomic E-state index is -0.402. The smallest absolute Gasteiger partial charge is 0.303 e. The lowest BCUT2D eigenvalue weighted by atomic mass is 9.83. The Kier molecular flexibility index (Phi) is 5.97. The number of carbonyl (C=O) groups excluding carboxylic acids is 1. The van der Waals surface area contributed by atoms with Crippen LogP contribution in [0.4, 0.5) is 0 Å². The summed E-state index contributed by atoms with van der Waals surface area (Å²) in [5, 5.41) is 9.79. The molecule has 150 valence electrons. The van der Waals surface area contributed by atoms with E-state index in [1.807, 2.05) is 30.3 Å². The fourth-order valence-electron chi connectivity index (χ4n) is 3.45. The van der Waals surface area contributed by atoms with Gasteiger partial charge in [0.25, 0.3) is 0 Å². The van der Waals surface area contributed by atoms with Crippen LogP contribution in [-0.4, -0.2) is 25.0 Å². The highest BCUT2D eigenvalue weighted by Gasteiger charge is 2.29. The summed E-state index contributed by atoms with van der Waals surface area (Å²) < 4.78 is 21.7. The molecule has 28 heavy (non-hydrogen) atoms. The second kappa shape index (κ2) is 8.42. The molecule has 2 aromatic carbocycles. The lowest BCUT2D eigenvalue weighted by molar-refractivity contribution is -0.150. The molecule has 0 aliphatic carbocycles. The molecular weight excluding hydrogens is 360 g/mol. The van der Waals surface area contributed by atoms with Gasteiger partial charge in [-0.25, -0.2) is 0 Å². The molecule has 0 bridgehead atoms. The summed E-state index contributed by atoms with van der Waals surface area (Å²) in [5.41, 5.74) is 1.92. The molecule has 0 unspecified atom stereocenters. The Labute approximate surface area is 165 Å². The number of phenols is 1. The minimum Gasteiger partial charge on any atom is -0.504 e. The molecule has 0 aromatic heterocycles. The van der Waals surface area contributed by atoms with Gasteiger partial charge in [-0.1, -0.05) is 26.0 Å². The maximum absolute atomic E-state index is 11.7. The average molecular weight is 386 g/mol. The van der Waals surface area contributed by atoms with Crippen molar-refractivity contribution in [2.24, 2.45) is 11.8 Å². The minimum absolute atomic E-state index is 0.0454. The van der Waals surface area contributed by atoms with E-state index in [2.05, 4.69) is 13.8 Å². The van der Waals surface area contributed by atoms with E-state index in [1.54, 1.807) is 6.07 Å². The molecule has 3 atom stereocenters. The molecular formula is C22H26O6. The van der Waals surface area contributed by atoms with Gasteiger partial charge in [-0.3, -0.25) is 4.79 Å². The third-order valence-electron chi connectivity index (χ3n) is 5.20. The number of hydrogen-bond acceptors (Lipinski definition) is 6. The summed E-state index contributed by atoms with van der Waals surface area (Å²) in [4.78, 5) is 11.7. The summed E-state index contributed by atoms with van der Waals surface area (Å²) >= 11 is 0. The Hall–Kier alpha value is -2.89. The molecule has 0 fully saturated rings. The summed E-state index contributed by atoms with van der Waals surface area (Å²) in [5.74, 6) is 1.84. The molecule has 0 radical (unpaired) electrons. The maximum atomic E-state index is 11.7. The summed E-state index contributed by atoms with van der Waals surface area (Å²) in [6, 6.07) is 11.0. The van der Waals surface area contributed by atoms with Crippen LogP contribution < -0.4 is 14.2 Å². The number of ether oxygens (including phenoxy) is 4. The number of phenolic OH excluding ortho intramolecular Hbond substituents is 1. The first-order chi connectivity index (χ1) is 13.4. The van der Waals surface area contributed by atoms with E-state index >= 15 is 0 Å². The van der Waals surface area contributed by atoms with Crippen LogP contribution in [0.3, 0.4) is 0 Å². The summed E-state index contributed by atoms with van der Waals surface area (Å²) in [6.45, 7) is 5.81. The highest BCUT2D eigenvalue weighted by molar-refractivity contribution is 5.66. The van der Waals surface area contributed by atoms with Crippen LogP contribution in [0.1, 0.15) is 38.0 Å². The number of aromatic hydroxyl groups is 1. The standard InChI is InChI=1S/C22H26O6/c1-13(9-16-5-7-18(24)20(10-16)25-4)14(2)22(28-15(3)23)17-6-8-19-21(11-17)27-12-26-19/h5-8,10-11,13-14,22,24H,9,12H2,1-4H3/t13-,14+,22-/m1/s1. The highest BCUT2D eigenvalue weighted by atomic mass is 16.7. The van der Waals surface area contributed by atoms with Crippen LogP contribution in [0.15, 0.2) is 36.4 Å². The van der Waals surface area contributed by atoms with Gasteiger partial charge in [0.15, 0.2) is 23.0 Å². The third-order valence-corrected chi connectivity index (χ3v) is 5.20. The zero-order valence-corrected chi connectivity index (χ0v) is 16.6. The van der Waals surface area contributed by atoms with Crippen molar-refractivity contribution in [1.29, 1.82) is 0 Å². The molecule has 1 N–H and O–H groups in total. The van der Waals surface area contributed by atoms with Crippen molar-refractivity contribution in [1.82, 2.24) is 0 Å². The quantitative estimate of drug-likeness (QED) is 0.717. The Morgan fingerprint density at radius 3 is 2.61 bits per heavy atom. The molecule has 0 amide bonds. The number of benzene rings is 2. The zero-order valence-electron chi connectivity index (χ0n) is 16.6. The fourth-order valence-corrected chi connectivity index (χ4v) is 3.45. The van der Waals surface area contributed by atoms with Gasteiger partial charge in [-0.05, 0) is 47.7 Å². The molecule has 3 rings (SSSR count). The van der Waals surface area contributed by atoms with Gasteiger partial charge in [0, 0.05) is 12.8 Å². The fraction of sp³-hybridized carbons (Fsp3) is 0.409. The van der Waals surface area contributed by atoms with E-state index in [-0.39, 0.29) is 30.3 Å².